The van der Waals surface area contributed by atoms with E-state index in [1.165, 1.54) is 6.92 Å². The van der Waals surface area contributed by atoms with Gasteiger partial charge in [0.05, 0.1) is 13.2 Å². The lowest BCUT2D eigenvalue weighted by atomic mass is 9.95. The number of rotatable bonds is 6. The molecule has 10 heteroatoms. The molecule has 2 saturated heterocycles. The average molecular weight is 378 g/mol. The Bertz CT molecular complexity index is 683. The number of aliphatic hydroxyl groups excluding tert-OH is 1. The Hall–Kier alpha value is -2.20. The smallest absolute Gasteiger partial charge is 0.217 e. The van der Waals surface area contributed by atoms with Crippen molar-refractivity contribution in [2.24, 2.45) is 5.11 Å². The summed E-state index contributed by atoms with van der Waals surface area (Å²) in [4.78, 5) is 14.2. The number of carbonyl (C=O) groups excluding carboxylic acids is 1. The number of benzene rings is 1. The van der Waals surface area contributed by atoms with Crippen molar-refractivity contribution in [3.8, 4) is 0 Å². The largest absolute Gasteiger partial charge is 0.388 e. The molecule has 0 bridgehead atoms. The molecule has 0 radical (unpaired) electrons. The van der Waals surface area contributed by atoms with Gasteiger partial charge in [0, 0.05) is 23.9 Å². The molecule has 10 nitrogen and oxygen atoms in total. The molecule has 1 aromatic carbocycles. The van der Waals surface area contributed by atoms with Gasteiger partial charge in [0.15, 0.2) is 12.6 Å². The molecule has 0 spiro atoms. The molecule has 2 N–H and O–H groups in total. The lowest BCUT2D eigenvalue weighted by molar-refractivity contribution is -0.343. The number of amides is 1. The number of ether oxygens (including phenoxy) is 4. The fourth-order valence-electron chi connectivity index (χ4n) is 3.16. The average Bonchev–Trinajstić information content (AvgIpc) is 2.68. The van der Waals surface area contributed by atoms with E-state index in [0.29, 0.717) is 0 Å². The zero-order chi connectivity index (χ0) is 19.2. The molecule has 2 fully saturated rings. The molecule has 0 aliphatic carbocycles. The second kappa shape index (κ2) is 9.14. The molecule has 2 aliphatic rings. The second-order valence-corrected chi connectivity index (χ2v) is 6.26. The zero-order valence-corrected chi connectivity index (χ0v) is 14.8. The summed E-state index contributed by atoms with van der Waals surface area (Å²) in [5.41, 5.74) is 9.16. The molecular formula is C17H22N4O6. The normalized spacial score (nSPS) is 32.8. The van der Waals surface area contributed by atoms with Crippen LogP contribution in [0.3, 0.4) is 0 Å². The van der Waals surface area contributed by atoms with Gasteiger partial charge in [0.25, 0.3) is 0 Å². The minimum atomic E-state index is -1.06. The number of aliphatic hydroxyl groups is 1. The summed E-state index contributed by atoms with van der Waals surface area (Å²) in [6, 6.07) is 8.54. The van der Waals surface area contributed by atoms with E-state index in [4.69, 9.17) is 24.5 Å². The Kier molecular flexibility index (Phi) is 6.62. The Balaban J connectivity index is 1.71. The number of carbonyl (C=O) groups is 1. The van der Waals surface area contributed by atoms with Crippen molar-refractivity contribution in [3.05, 3.63) is 46.3 Å². The fraction of sp³-hybridized carbons (Fsp3) is 0.588. The highest BCUT2D eigenvalue weighted by Crippen LogP contribution is 2.34. The first-order valence-corrected chi connectivity index (χ1v) is 8.65. The van der Waals surface area contributed by atoms with Gasteiger partial charge in [0.1, 0.15) is 24.4 Å². The van der Waals surface area contributed by atoms with Crippen LogP contribution in [0, 0.1) is 0 Å². The molecule has 1 amide bonds. The summed E-state index contributed by atoms with van der Waals surface area (Å²) in [5, 5.41) is 16.8. The molecule has 0 saturated carbocycles. The number of azide groups is 1. The zero-order valence-electron chi connectivity index (χ0n) is 14.8. The molecule has 27 heavy (non-hydrogen) atoms. The van der Waals surface area contributed by atoms with E-state index in [2.05, 4.69) is 15.3 Å². The summed E-state index contributed by atoms with van der Waals surface area (Å²) in [5.74, 6) is -0.337. The van der Waals surface area contributed by atoms with Crippen molar-refractivity contribution in [1.29, 1.82) is 0 Å². The molecule has 6 atom stereocenters. The van der Waals surface area contributed by atoms with Crippen LogP contribution in [0.5, 0.6) is 0 Å². The van der Waals surface area contributed by atoms with Gasteiger partial charge < -0.3 is 29.4 Å². The van der Waals surface area contributed by atoms with Crippen LogP contribution in [0.2, 0.25) is 0 Å². The molecule has 2 aliphatic heterocycles. The Labute approximate surface area is 156 Å². The van der Waals surface area contributed by atoms with E-state index in [-0.39, 0.29) is 25.7 Å². The maximum Gasteiger partial charge on any atom is 0.217 e. The van der Waals surface area contributed by atoms with Crippen molar-refractivity contribution in [2.45, 2.75) is 43.9 Å². The fourth-order valence-corrected chi connectivity index (χ4v) is 3.16. The van der Waals surface area contributed by atoms with E-state index in [1.807, 2.05) is 30.3 Å². The lowest BCUT2D eigenvalue weighted by Gasteiger charge is -2.47. The molecule has 3 rings (SSSR count). The van der Waals surface area contributed by atoms with E-state index >= 15 is 0 Å². The van der Waals surface area contributed by atoms with E-state index in [0.717, 1.165) is 5.56 Å². The standard InChI is InChI=1S/C17H22N4O6/c1-10(22)20-13-14(23)15-12(26-17(13)24-8-7-19-21-18)9-25-16(27-15)11-5-3-2-4-6-11/h2-6,12-17,23H,7-9H2,1H3,(H,20,22)/t12-,13-,14-,15+,16+,17+/m1/s1. The van der Waals surface area contributed by atoms with Gasteiger partial charge in [-0.15, -0.1) is 0 Å². The minimum absolute atomic E-state index is 0.0866. The third-order valence-electron chi connectivity index (χ3n) is 4.34. The van der Waals surface area contributed by atoms with Gasteiger partial charge in [-0.25, -0.2) is 0 Å². The number of fused-ring (bicyclic) bond motifs is 1. The molecular weight excluding hydrogens is 356 g/mol. The van der Waals surface area contributed by atoms with Gasteiger partial charge in [0.2, 0.25) is 5.91 Å². The van der Waals surface area contributed by atoms with E-state index < -0.39 is 36.9 Å². The maximum absolute atomic E-state index is 11.6. The van der Waals surface area contributed by atoms with Gasteiger partial charge in [-0.1, -0.05) is 35.4 Å². The Morgan fingerprint density at radius 1 is 1.41 bits per heavy atom. The number of nitrogens with one attached hydrogen (secondary N) is 1. The Morgan fingerprint density at radius 3 is 2.89 bits per heavy atom. The SMILES string of the molecule is CC(=O)N[C@H]1[C@@H](OCCN=[N+]=[N-])O[C@@H]2CO[C@H](c3ccccc3)O[C@@H]2[C@@H]1O. The summed E-state index contributed by atoms with van der Waals surface area (Å²) in [6.45, 7) is 1.73. The van der Waals surface area contributed by atoms with Crippen LogP contribution in [0.25, 0.3) is 10.4 Å². The first-order valence-electron chi connectivity index (χ1n) is 8.65. The molecule has 2 heterocycles. The highest BCUT2D eigenvalue weighted by Gasteiger charge is 2.50. The van der Waals surface area contributed by atoms with Crippen molar-refractivity contribution < 1.29 is 28.8 Å². The summed E-state index contributed by atoms with van der Waals surface area (Å²) >= 11 is 0. The van der Waals surface area contributed by atoms with Crippen molar-refractivity contribution in [3.63, 3.8) is 0 Å². The maximum atomic E-state index is 11.6. The summed E-state index contributed by atoms with van der Waals surface area (Å²) < 4.78 is 23.1. The van der Waals surface area contributed by atoms with Gasteiger partial charge >= 0.3 is 0 Å². The van der Waals surface area contributed by atoms with Crippen LogP contribution in [0.15, 0.2) is 35.4 Å². The lowest BCUT2D eigenvalue weighted by Crippen LogP contribution is -2.66. The van der Waals surface area contributed by atoms with Crippen molar-refractivity contribution in [2.75, 3.05) is 19.8 Å². The van der Waals surface area contributed by atoms with Crippen LogP contribution in [0.1, 0.15) is 18.8 Å². The van der Waals surface area contributed by atoms with Gasteiger partial charge in [-0.2, -0.15) is 0 Å². The number of hydrogen-bond donors (Lipinski definition) is 2. The number of hydrogen-bond acceptors (Lipinski definition) is 7. The summed E-state index contributed by atoms with van der Waals surface area (Å²) in [7, 11) is 0. The predicted octanol–water partition coefficient (Wildman–Crippen LogP) is 1.02. The van der Waals surface area contributed by atoms with Crippen LogP contribution in [-0.4, -0.2) is 61.4 Å². The van der Waals surface area contributed by atoms with Crippen LogP contribution < -0.4 is 5.32 Å². The predicted molar refractivity (Wildman–Crippen MR) is 92.2 cm³/mol. The Morgan fingerprint density at radius 2 is 2.19 bits per heavy atom. The molecule has 146 valence electrons. The third-order valence-corrected chi connectivity index (χ3v) is 4.34. The van der Waals surface area contributed by atoms with E-state index in [1.54, 1.807) is 0 Å². The van der Waals surface area contributed by atoms with Crippen LogP contribution in [-0.2, 0) is 23.7 Å². The van der Waals surface area contributed by atoms with Crippen molar-refractivity contribution >= 4 is 5.91 Å². The number of nitrogens with zero attached hydrogens (tertiary/aromatic N) is 3. The summed E-state index contributed by atoms with van der Waals surface area (Å²) in [6.07, 6.45) is -3.87. The van der Waals surface area contributed by atoms with Crippen molar-refractivity contribution in [1.82, 2.24) is 5.32 Å². The monoisotopic (exact) mass is 378 g/mol. The van der Waals surface area contributed by atoms with Gasteiger partial charge in [-0.3, -0.25) is 4.79 Å². The van der Waals surface area contributed by atoms with Crippen LogP contribution >= 0.6 is 0 Å². The topological polar surface area (TPSA) is 135 Å². The minimum Gasteiger partial charge on any atom is -0.388 e. The third kappa shape index (κ3) is 4.75. The molecule has 0 unspecified atom stereocenters. The van der Waals surface area contributed by atoms with Gasteiger partial charge in [-0.05, 0) is 5.53 Å². The first-order chi connectivity index (χ1) is 13.1. The van der Waals surface area contributed by atoms with E-state index in [9.17, 15) is 9.90 Å². The highest BCUT2D eigenvalue weighted by molar-refractivity contribution is 5.73. The molecule has 0 aromatic heterocycles. The quantitative estimate of drug-likeness (QED) is 0.328. The highest BCUT2D eigenvalue weighted by atomic mass is 16.7. The second-order valence-electron chi connectivity index (χ2n) is 6.26. The molecule has 1 aromatic rings. The van der Waals surface area contributed by atoms with Crippen LogP contribution in [0.4, 0.5) is 0 Å². The first kappa shape index (κ1) is 19.6.